The third-order valence-corrected chi connectivity index (χ3v) is 4.99. The molecule has 1 aliphatic heterocycles. The van der Waals surface area contributed by atoms with Crippen LogP contribution in [-0.2, 0) is 4.74 Å². The summed E-state index contributed by atoms with van der Waals surface area (Å²) in [6.45, 7) is 17.8. The number of rotatable bonds is 12. The van der Waals surface area contributed by atoms with E-state index in [4.69, 9.17) is 4.74 Å². The number of ether oxygens (including phenoxy) is 1. The number of hydrogen-bond donors (Lipinski definition) is 0. The fraction of sp³-hybridized carbons (Fsp3) is 0.952. The highest BCUT2D eigenvalue weighted by Gasteiger charge is 2.29. The van der Waals surface area contributed by atoms with Crippen LogP contribution in [0.5, 0.6) is 0 Å². The molecule has 1 heterocycles. The molecule has 0 radical (unpaired) electrons. The lowest BCUT2D eigenvalue weighted by Gasteiger charge is -2.32. The first kappa shape index (κ1) is 25.5. The quantitative estimate of drug-likeness (QED) is 0.369. The second-order valence-electron chi connectivity index (χ2n) is 7.29. The van der Waals surface area contributed by atoms with E-state index in [9.17, 15) is 0 Å². The van der Waals surface area contributed by atoms with E-state index in [2.05, 4.69) is 42.1 Å². The Kier molecular flexibility index (Phi) is 16.4. The van der Waals surface area contributed by atoms with Crippen molar-refractivity contribution >= 4 is 5.96 Å². The van der Waals surface area contributed by atoms with Gasteiger partial charge < -0.3 is 17.1 Å². The van der Waals surface area contributed by atoms with Gasteiger partial charge in [0.05, 0.1) is 52.5 Å². The molecule has 0 atom stereocenters. The topological polar surface area (TPSA) is 18.7 Å². The zero-order valence-electron chi connectivity index (χ0n) is 17.9. The van der Waals surface area contributed by atoms with E-state index in [-0.39, 0.29) is 12.4 Å². The Morgan fingerprint density at radius 1 is 0.692 bits per heavy atom. The second-order valence-corrected chi connectivity index (χ2v) is 7.29. The molecule has 0 aromatic heterocycles. The average Bonchev–Trinajstić information content (AvgIpc) is 2.66. The first-order valence-corrected chi connectivity index (χ1v) is 11.0. The van der Waals surface area contributed by atoms with E-state index in [1.54, 1.807) is 0 Å². The summed E-state index contributed by atoms with van der Waals surface area (Å²) in [5.41, 5.74) is 0. The van der Waals surface area contributed by atoms with Crippen molar-refractivity contribution in [1.29, 1.82) is 0 Å². The van der Waals surface area contributed by atoms with Gasteiger partial charge in [-0.05, 0) is 25.7 Å². The lowest BCUT2D eigenvalue weighted by atomic mass is 10.2. The first-order chi connectivity index (χ1) is 12.3. The minimum Gasteiger partial charge on any atom is -1.00 e. The molecule has 1 rings (SSSR count). The molecule has 0 bridgehead atoms. The summed E-state index contributed by atoms with van der Waals surface area (Å²) in [6, 6.07) is 0. The molecule has 0 aliphatic carbocycles. The van der Waals surface area contributed by atoms with E-state index in [1.165, 1.54) is 83.5 Å². The number of unbranched alkanes of at least 4 members (excludes halogenated alkanes) is 4. The summed E-state index contributed by atoms with van der Waals surface area (Å²) < 4.78 is 8.25. The minimum absolute atomic E-state index is 0. The summed E-state index contributed by atoms with van der Waals surface area (Å²) in [4.78, 5) is 5.40. The van der Waals surface area contributed by atoms with Gasteiger partial charge in [0, 0.05) is 0 Å². The van der Waals surface area contributed by atoms with Crippen LogP contribution < -0.4 is 12.4 Å². The summed E-state index contributed by atoms with van der Waals surface area (Å²) in [5.74, 6) is 1.51. The van der Waals surface area contributed by atoms with Gasteiger partial charge in [-0.15, -0.1) is 0 Å². The van der Waals surface area contributed by atoms with E-state index in [0.29, 0.717) is 0 Å². The molecule has 0 N–H and O–H groups in total. The third kappa shape index (κ3) is 9.45. The molecular weight excluding hydrogens is 346 g/mol. The van der Waals surface area contributed by atoms with Gasteiger partial charge in [-0.25, -0.2) is 0 Å². The summed E-state index contributed by atoms with van der Waals surface area (Å²) in [6.07, 6.45) is 10.2. The van der Waals surface area contributed by atoms with Gasteiger partial charge in [0.2, 0.25) is 0 Å². The Bertz CT molecular complexity index is 317. The molecule has 0 aromatic carbocycles. The largest absolute Gasteiger partial charge is 1.00 e. The second kappa shape index (κ2) is 16.7. The SMILES string of the molecule is CCCCN(CCCC)C(N(CCCC)CCCC)=[N+]1CCOCC1.[Cl-]. The van der Waals surface area contributed by atoms with Crippen molar-refractivity contribution in [2.45, 2.75) is 79.1 Å². The highest BCUT2D eigenvalue weighted by atomic mass is 35.5. The number of guanidine groups is 1. The van der Waals surface area contributed by atoms with Gasteiger partial charge in [0.15, 0.2) is 0 Å². The number of morpholine rings is 1. The van der Waals surface area contributed by atoms with Crippen molar-refractivity contribution in [2.24, 2.45) is 0 Å². The van der Waals surface area contributed by atoms with Crippen LogP contribution in [0.4, 0.5) is 0 Å². The van der Waals surface area contributed by atoms with Gasteiger partial charge in [-0.2, -0.15) is 0 Å². The van der Waals surface area contributed by atoms with E-state index in [1.807, 2.05) is 0 Å². The standard InChI is InChI=1S/C21H44N3O.ClH/c1-5-9-13-22(14-10-6-2)21(24-17-19-25-20-18-24)23(15-11-7-3)16-12-8-4;/h5-20H2,1-4H3;1H/q+1;/p-1. The van der Waals surface area contributed by atoms with Crippen LogP contribution in [0.2, 0.25) is 0 Å². The molecule has 26 heavy (non-hydrogen) atoms. The molecule has 1 fully saturated rings. The van der Waals surface area contributed by atoms with Gasteiger partial charge in [-0.3, -0.25) is 14.4 Å². The van der Waals surface area contributed by atoms with Gasteiger partial charge >= 0.3 is 5.96 Å². The molecule has 1 saturated heterocycles. The Morgan fingerprint density at radius 3 is 1.35 bits per heavy atom. The van der Waals surface area contributed by atoms with Crippen LogP contribution in [0.15, 0.2) is 0 Å². The normalized spacial score (nSPS) is 14.1. The molecule has 156 valence electrons. The summed E-state index contributed by atoms with van der Waals surface area (Å²) in [7, 11) is 0. The van der Waals surface area contributed by atoms with Gasteiger partial charge in [0.25, 0.3) is 0 Å². The van der Waals surface area contributed by atoms with Crippen LogP contribution >= 0.6 is 0 Å². The number of nitrogens with zero attached hydrogens (tertiary/aromatic N) is 3. The number of hydrogen-bond acceptors (Lipinski definition) is 1. The zero-order valence-corrected chi connectivity index (χ0v) is 18.7. The smallest absolute Gasteiger partial charge is 0.350 e. The third-order valence-electron chi connectivity index (χ3n) is 4.99. The van der Waals surface area contributed by atoms with Crippen molar-refractivity contribution in [3.05, 3.63) is 0 Å². The lowest BCUT2D eigenvalue weighted by Crippen LogP contribution is -3.00. The maximum atomic E-state index is 5.64. The molecule has 0 aromatic rings. The highest BCUT2D eigenvalue weighted by Crippen LogP contribution is 2.10. The Morgan fingerprint density at radius 2 is 1.04 bits per heavy atom. The molecule has 0 amide bonds. The van der Waals surface area contributed by atoms with E-state index in [0.717, 1.165) is 26.3 Å². The number of halogens is 1. The Balaban J connectivity index is 0.00000625. The lowest BCUT2D eigenvalue weighted by molar-refractivity contribution is -0.558. The maximum absolute atomic E-state index is 5.64. The van der Waals surface area contributed by atoms with Crippen LogP contribution in [0.3, 0.4) is 0 Å². The summed E-state index contributed by atoms with van der Waals surface area (Å²) >= 11 is 0. The molecule has 1 aliphatic rings. The van der Waals surface area contributed by atoms with Gasteiger partial charge in [0.1, 0.15) is 0 Å². The Hall–Kier alpha value is -0.480. The van der Waals surface area contributed by atoms with Crippen molar-refractivity contribution in [2.75, 3.05) is 52.5 Å². The van der Waals surface area contributed by atoms with Crippen LogP contribution in [0.1, 0.15) is 79.1 Å². The van der Waals surface area contributed by atoms with E-state index >= 15 is 0 Å². The fourth-order valence-electron chi connectivity index (χ4n) is 3.38. The van der Waals surface area contributed by atoms with Crippen molar-refractivity contribution in [3.8, 4) is 0 Å². The zero-order chi connectivity index (χ0) is 18.3. The molecular formula is C21H44ClN3O. The predicted octanol–water partition coefficient (Wildman–Crippen LogP) is 1.19. The van der Waals surface area contributed by atoms with E-state index < -0.39 is 0 Å². The monoisotopic (exact) mass is 389 g/mol. The average molecular weight is 390 g/mol. The maximum Gasteiger partial charge on any atom is 0.350 e. The van der Waals surface area contributed by atoms with Crippen molar-refractivity contribution in [1.82, 2.24) is 9.80 Å². The molecule has 0 saturated carbocycles. The Labute approximate surface area is 169 Å². The molecule has 4 nitrogen and oxygen atoms in total. The van der Waals surface area contributed by atoms with Gasteiger partial charge in [-0.1, -0.05) is 53.4 Å². The fourth-order valence-corrected chi connectivity index (χ4v) is 3.38. The summed E-state index contributed by atoms with van der Waals surface area (Å²) in [5, 5.41) is 0. The first-order valence-electron chi connectivity index (χ1n) is 11.0. The molecule has 5 heteroatoms. The van der Waals surface area contributed by atoms with Crippen LogP contribution in [-0.4, -0.2) is 72.8 Å². The minimum atomic E-state index is 0. The van der Waals surface area contributed by atoms with Crippen LogP contribution in [0, 0.1) is 0 Å². The van der Waals surface area contributed by atoms with Crippen molar-refractivity contribution < 1.29 is 21.7 Å². The van der Waals surface area contributed by atoms with Crippen molar-refractivity contribution in [3.63, 3.8) is 0 Å². The van der Waals surface area contributed by atoms with Crippen LogP contribution in [0.25, 0.3) is 0 Å². The molecule has 0 spiro atoms. The predicted molar refractivity (Wildman–Crippen MR) is 109 cm³/mol. The molecule has 0 unspecified atom stereocenters. The highest BCUT2D eigenvalue weighted by molar-refractivity contribution is 5.75.